The lowest BCUT2D eigenvalue weighted by molar-refractivity contribution is -0.384. The summed E-state index contributed by atoms with van der Waals surface area (Å²) >= 11 is 5.13. The zero-order valence-electron chi connectivity index (χ0n) is 15.9. The molecule has 10 heteroatoms. The summed E-state index contributed by atoms with van der Waals surface area (Å²) in [5.74, 6) is -1.11. The number of nitrogens with one attached hydrogen (secondary N) is 2. The van der Waals surface area contributed by atoms with Gasteiger partial charge >= 0.3 is 5.97 Å². The van der Waals surface area contributed by atoms with Crippen LogP contribution < -0.4 is 10.7 Å². The molecule has 0 bridgehead atoms. The first kappa shape index (κ1) is 21.4. The fourth-order valence-electron chi connectivity index (χ4n) is 2.70. The van der Waals surface area contributed by atoms with Gasteiger partial charge in [-0.05, 0) is 48.1 Å². The second-order valence-electron chi connectivity index (χ2n) is 6.26. The highest BCUT2D eigenvalue weighted by Gasteiger charge is 2.12. The Morgan fingerprint density at radius 2 is 1.81 bits per heavy atom. The number of phenolic OH excluding ortho intramolecular Hbond substituents is 1. The minimum absolute atomic E-state index is 0.0783. The zero-order chi connectivity index (χ0) is 22.4. The van der Waals surface area contributed by atoms with Gasteiger partial charge in [0.25, 0.3) is 5.69 Å². The summed E-state index contributed by atoms with van der Waals surface area (Å²) in [6, 6.07) is 16.9. The molecule has 0 saturated carbocycles. The predicted molar refractivity (Wildman–Crippen MR) is 121 cm³/mol. The van der Waals surface area contributed by atoms with Crippen LogP contribution in [-0.4, -0.2) is 32.4 Å². The summed E-state index contributed by atoms with van der Waals surface area (Å²) in [5.41, 5.74) is 4.55. The first-order chi connectivity index (χ1) is 14.8. The van der Waals surface area contributed by atoms with Gasteiger partial charge in [0.05, 0.1) is 16.7 Å². The molecule has 31 heavy (non-hydrogen) atoms. The van der Waals surface area contributed by atoms with Crippen molar-refractivity contribution in [3.8, 4) is 16.9 Å². The lowest BCUT2D eigenvalue weighted by Crippen LogP contribution is -2.23. The van der Waals surface area contributed by atoms with E-state index < -0.39 is 10.9 Å². The number of hydrogen-bond donors (Lipinski definition) is 4. The standard InChI is InChI=1S/C21H16N4O5S/c26-19-15(4-2-6-18(19)14-3-1-5-17(11-14)25(29)30)12-22-24-21(31)23-16-9-7-13(8-10-16)20(27)28/h1-12,26H,(H,27,28)(H2,23,24,31)/b22-12+. The summed E-state index contributed by atoms with van der Waals surface area (Å²) in [6.07, 6.45) is 1.36. The van der Waals surface area contributed by atoms with E-state index in [1.165, 1.54) is 30.5 Å². The minimum atomic E-state index is -1.02. The quantitative estimate of drug-likeness (QED) is 0.197. The molecular weight excluding hydrogens is 420 g/mol. The molecule has 0 aliphatic heterocycles. The second-order valence-corrected chi connectivity index (χ2v) is 6.67. The van der Waals surface area contributed by atoms with Gasteiger partial charge in [0.15, 0.2) is 5.11 Å². The molecule has 0 aliphatic rings. The molecular formula is C21H16N4O5S. The van der Waals surface area contributed by atoms with Crippen LogP contribution in [0.4, 0.5) is 11.4 Å². The Morgan fingerprint density at radius 3 is 2.48 bits per heavy atom. The van der Waals surface area contributed by atoms with Crippen LogP contribution in [0.5, 0.6) is 5.75 Å². The first-order valence-corrected chi connectivity index (χ1v) is 9.26. The molecule has 3 rings (SSSR count). The number of phenols is 1. The maximum absolute atomic E-state index is 11.0. The molecule has 0 spiro atoms. The van der Waals surface area contributed by atoms with Crippen molar-refractivity contribution in [1.29, 1.82) is 0 Å². The summed E-state index contributed by atoms with van der Waals surface area (Å²) in [7, 11) is 0. The van der Waals surface area contributed by atoms with E-state index in [9.17, 15) is 20.0 Å². The molecule has 156 valence electrons. The van der Waals surface area contributed by atoms with Gasteiger partial charge in [-0.2, -0.15) is 5.10 Å². The number of rotatable bonds is 6. The van der Waals surface area contributed by atoms with Crippen molar-refractivity contribution >= 4 is 40.9 Å². The van der Waals surface area contributed by atoms with E-state index in [0.29, 0.717) is 22.4 Å². The Balaban J connectivity index is 1.69. The maximum atomic E-state index is 11.0. The van der Waals surface area contributed by atoms with Gasteiger partial charge in [-0.25, -0.2) is 4.79 Å². The summed E-state index contributed by atoms with van der Waals surface area (Å²) in [5, 5.41) is 37.4. The molecule has 3 aromatic rings. The van der Waals surface area contributed by atoms with E-state index in [1.807, 2.05) is 0 Å². The largest absolute Gasteiger partial charge is 0.507 e. The normalized spacial score (nSPS) is 10.6. The summed E-state index contributed by atoms with van der Waals surface area (Å²) < 4.78 is 0. The average molecular weight is 436 g/mol. The Hall–Kier alpha value is -4.31. The number of carbonyl (C=O) groups is 1. The van der Waals surface area contributed by atoms with Gasteiger partial charge in [-0.3, -0.25) is 15.5 Å². The molecule has 4 N–H and O–H groups in total. The van der Waals surface area contributed by atoms with Crippen molar-refractivity contribution in [3.05, 3.63) is 88.0 Å². The topological polar surface area (TPSA) is 137 Å². The van der Waals surface area contributed by atoms with Crippen LogP contribution in [0.25, 0.3) is 11.1 Å². The third kappa shape index (κ3) is 5.40. The fraction of sp³-hybridized carbons (Fsp3) is 0. The Bertz CT molecular complexity index is 1180. The number of non-ortho nitro benzene ring substituents is 1. The lowest BCUT2D eigenvalue weighted by atomic mass is 10.0. The molecule has 0 saturated heterocycles. The van der Waals surface area contributed by atoms with Gasteiger partial charge in [-0.15, -0.1) is 0 Å². The number of aromatic carboxylic acids is 1. The monoisotopic (exact) mass is 436 g/mol. The van der Waals surface area contributed by atoms with Crippen LogP contribution in [0, 0.1) is 10.1 Å². The second kappa shape index (κ2) is 9.46. The Morgan fingerprint density at radius 1 is 1.10 bits per heavy atom. The number of anilines is 1. The number of hydrazone groups is 1. The molecule has 0 aromatic heterocycles. The number of nitro benzene ring substituents is 1. The zero-order valence-corrected chi connectivity index (χ0v) is 16.7. The number of nitro groups is 1. The number of hydrogen-bond acceptors (Lipinski definition) is 6. The van der Waals surface area contributed by atoms with Crippen molar-refractivity contribution in [2.24, 2.45) is 5.10 Å². The molecule has 0 fully saturated rings. The summed E-state index contributed by atoms with van der Waals surface area (Å²) in [6.45, 7) is 0. The van der Waals surface area contributed by atoms with E-state index in [0.717, 1.165) is 0 Å². The third-order valence-electron chi connectivity index (χ3n) is 4.19. The van der Waals surface area contributed by atoms with Gasteiger partial charge in [0.1, 0.15) is 5.75 Å². The van der Waals surface area contributed by atoms with Crippen LogP contribution in [-0.2, 0) is 0 Å². The minimum Gasteiger partial charge on any atom is -0.507 e. The lowest BCUT2D eigenvalue weighted by Gasteiger charge is -2.08. The average Bonchev–Trinajstić information content (AvgIpc) is 2.75. The molecule has 0 heterocycles. The number of thiocarbonyl (C=S) groups is 1. The summed E-state index contributed by atoms with van der Waals surface area (Å²) in [4.78, 5) is 21.4. The fourth-order valence-corrected chi connectivity index (χ4v) is 2.87. The van der Waals surface area contributed by atoms with E-state index in [-0.39, 0.29) is 22.1 Å². The highest BCUT2D eigenvalue weighted by atomic mass is 32.1. The van der Waals surface area contributed by atoms with Crippen molar-refractivity contribution in [2.75, 3.05) is 5.32 Å². The molecule has 9 nitrogen and oxygen atoms in total. The number of aromatic hydroxyl groups is 1. The van der Waals surface area contributed by atoms with Gasteiger partial charge in [0.2, 0.25) is 0 Å². The van der Waals surface area contributed by atoms with Crippen LogP contribution in [0.15, 0.2) is 71.8 Å². The van der Waals surface area contributed by atoms with E-state index in [4.69, 9.17) is 17.3 Å². The molecule has 0 radical (unpaired) electrons. The van der Waals surface area contributed by atoms with Crippen molar-refractivity contribution in [1.82, 2.24) is 5.43 Å². The van der Waals surface area contributed by atoms with Crippen molar-refractivity contribution in [2.45, 2.75) is 0 Å². The SMILES string of the molecule is O=C(O)c1ccc(NC(=S)N/N=C/c2cccc(-c3cccc([N+](=O)[O-])c3)c2O)cc1. The molecule has 3 aromatic carbocycles. The highest BCUT2D eigenvalue weighted by molar-refractivity contribution is 7.80. The Kier molecular flexibility index (Phi) is 6.53. The van der Waals surface area contributed by atoms with E-state index >= 15 is 0 Å². The third-order valence-corrected chi connectivity index (χ3v) is 4.39. The van der Waals surface area contributed by atoms with Crippen molar-refractivity contribution in [3.63, 3.8) is 0 Å². The van der Waals surface area contributed by atoms with Gasteiger partial charge in [-0.1, -0.05) is 24.3 Å². The molecule has 0 unspecified atom stereocenters. The van der Waals surface area contributed by atoms with Crippen molar-refractivity contribution < 1.29 is 19.9 Å². The first-order valence-electron chi connectivity index (χ1n) is 8.85. The number of nitrogens with zero attached hydrogens (tertiary/aromatic N) is 2. The maximum Gasteiger partial charge on any atom is 0.335 e. The number of carboxylic acid groups (broad SMARTS) is 1. The van der Waals surface area contributed by atoms with E-state index in [1.54, 1.807) is 42.5 Å². The predicted octanol–water partition coefficient (Wildman–Crippen LogP) is 3.99. The van der Waals surface area contributed by atoms with E-state index in [2.05, 4.69) is 15.8 Å². The van der Waals surface area contributed by atoms with Crippen LogP contribution >= 0.6 is 12.2 Å². The van der Waals surface area contributed by atoms with Gasteiger partial charge < -0.3 is 15.5 Å². The molecule has 0 atom stereocenters. The van der Waals surface area contributed by atoms with Gasteiger partial charge in [0, 0.05) is 28.9 Å². The smallest absolute Gasteiger partial charge is 0.335 e. The van der Waals surface area contributed by atoms with Crippen LogP contribution in [0.1, 0.15) is 15.9 Å². The van der Waals surface area contributed by atoms with Crippen LogP contribution in [0.3, 0.4) is 0 Å². The number of para-hydroxylation sites is 1. The number of benzene rings is 3. The molecule has 0 aliphatic carbocycles. The highest BCUT2D eigenvalue weighted by Crippen LogP contribution is 2.33. The Labute approximate surface area is 181 Å². The molecule has 0 amide bonds. The number of carboxylic acids is 1. The van der Waals surface area contributed by atoms with Crippen LogP contribution in [0.2, 0.25) is 0 Å².